The molecule has 0 spiro atoms. The maximum absolute atomic E-state index is 12.8. The first-order valence-corrected chi connectivity index (χ1v) is 10.6. The Hall–Kier alpha value is -3.02. The van der Waals surface area contributed by atoms with Crippen LogP contribution in [0.3, 0.4) is 0 Å². The van der Waals surface area contributed by atoms with E-state index in [0.717, 1.165) is 18.8 Å². The second kappa shape index (κ2) is 8.38. The Morgan fingerprint density at radius 1 is 1.00 bits per heavy atom. The zero-order valence-corrected chi connectivity index (χ0v) is 17.9. The Balaban J connectivity index is 1.36. The highest BCUT2D eigenvalue weighted by atomic mass is 16.5. The predicted molar refractivity (Wildman–Crippen MR) is 118 cm³/mol. The van der Waals surface area contributed by atoms with Gasteiger partial charge in [0.15, 0.2) is 6.10 Å². The largest absolute Gasteiger partial charge is 0.479 e. The summed E-state index contributed by atoms with van der Waals surface area (Å²) in [6.07, 6.45) is -0.216. The molecule has 0 aliphatic carbocycles. The van der Waals surface area contributed by atoms with Crippen LogP contribution < -0.4 is 14.5 Å². The Morgan fingerprint density at radius 3 is 2.47 bits per heavy atom. The van der Waals surface area contributed by atoms with Crippen LogP contribution in [0.1, 0.15) is 24.5 Å². The van der Waals surface area contributed by atoms with Gasteiger partial charge in [-0.05, 0) is 50.1 Å². The van der Waals surface area contributed by atoms with Crippen molar-refractivity contribution in [2.24, 2.45) is 0 Å². The minimum absolute atomic E-state index is 0.0961. The molecule has 0 N–H and O–H groups in total. The lowest BCUT2D eigenvalue weighted by molar-refractivity contribution is -0.131. The maximum Gasteiger partial charge on any atom is 0.267 e. The molecule has 0 radical (unpaired) electrons. The standard InChI is InChI=1S/C24H29N3O3/c1-17-7-6-9-20(18(17)2)25-13-15-26(16-14-25)23(28)11-12-27-21-8-4-5-10-22(21)30-19(3)24(27)29/h4-10,19H,11-16H2,1-3H3. The zero-order chi connectivity index (χ0) is 21.3. The molecule has 2 aliphatic heterocycles. The van der Waals surface area contributed by atoms with Crippen molar-refractivity contribution in [2.45, 2.75) is 33.3 Å². The number of anilines is 2. The van der Waals surface area contributed by atoms with Crippen LogP contribution in [0.15, 0.2) is 42.5 Å². The van der Waals surface area contributed by atoms with Crippen LogP contribution in [0, 0.1) is 13.8 Å². The number of carbonyl (C=O) groups excluding carboxylic acids is 2. The van der Waals surface area contributed by atoms with E-state index in [9.17, 15) is 9.59 Å². The molecule has 0 saturated carbocycles. The van der Waals surface area contributed by atoms with Gasteiger partial charge < -0.3 is 19.4 Å². The summed E-state index contributed by atoms with van der Waals surface area (Å²) in [6.45, 7) is 9.47. The normalized spacial score (nSPS) is 18.8. The summed E-state index contributed by atoms with van der Waals surface area (Å²) >= 11 is 0. The first-order chi connectivity index (χ1) is 14.5. The molecule has 1 unspecified atom stereocenters. The molecule has 6 heteroatoms. The fraction of sp³-hybridized carbons (Fsp3) is 0.417. The Labute approximate surface area is 178 Å². The van der Waals surface area contributed by atoms with Gasteiger partial charge in [0.05, 0.1) is 5.69 Å². The minimum atomic E-state index is -0.531. The summed E-state index contributed by atoms with van der Waals surface area (Å²) < 4.78 is 5.68. The Bertz CT molecular complexity index is 950. The molecule has 1 saturated heterocycles. The van der Waals surface area contributed by atoms with E-state index >= 15 is 0 Å². The number of hydrogen-bond donors (Lipinski definition) is 0. The average molecular weight is 408 g/mol. The van der Waals surface area contributed by atoms with Crippen molar-refractivity contribution in [1.82, 2.24) is 4.90 Å². The first-order valence-electron chi connectivity index (χ1n) is 10.6. The van der Waals surface area contributed by atoms with E-state index in [4.69, 9.17) is 4.74 Å². The highest BCUT2D eigenvalue weighted by Crippen LogP contribution is 2.33. The number of benzene rings is 2. The van der Waals surface area contributed by atoms with Crippen LogP contribution in [0.4, 0.5) is 11.4 Å². The van der Waals surface area contributed by atoms with Gasteiger partial charge in [-0.15, -0.1) is 0 Å². The monoisotopic (exact) mass is 407 g/mol. The molecular formula is C24H29N3O3. The lowest BCUT2D eigenvalue weighted by Crippen LogP contribution is -2.50. The number of aryl methyl sites for hydroxylation is 1. The van der Waals surface area contributed by atoms with E-state index in [2.05, 4.69) is 36.9 Å². The van der Waals surface area contributed by atoms with Crippen molar-refractivity contribution in [3.05, 3.63) is 53.6 Å². The smallest absolute Gasteiger partial charge is 0.267 e. The summed E-state index contributed by atoms with van der Waals surface area (Å²) in [4.78, 5) is 31.4. The first kappa shape index (κ1) is 20.3. The molecule has 0 bridgehead atoms. The van der Waals surface area contributed by atoms with Gasteiger partial charge in [-0.25, -0.2) is 0 Å². The number of piperazine rings is 1. The molecule has 2 aromatic rings. The van der Waals surface area contributed by atoms with Crippen LogP contribution in [-0.2, 0) is 9.59 Å². The predicted octanol–water partition coefficient (Wildman–Crippen LogP) is 3.16. The highest BCUT2D eigenvalue weighted by molar-refractivity contribution is 6.00. The third-order valence-electron chi connectivity index (χ3n) is 6.17. The molecule has 2 aromatic carbocycles. The number of nitrogens with zero attached hydrogens (tertiary/aromatic N) is 3. The van der Waals surface area contributed by atoms with E-state index in [0.29, 0.717) is 31.8 Å². The van der Waals surface area contributed by atoms with Crippen molar-refractivity contribution in [1.29, 1.82) is 0 Å². The van der Waals surface area contributed by atoms with Crippen molar-refractivity contribution in [3.63, 3.8) is 0 Å². The molecule has 2 amide bonds. The third-order valence-corrected chi connectivity index (χ3v) is 6.17. The lowest BCUT2D eigenvalue weighted by atomic mass is 10.1. The number of carbonyl (C=O) groups is 2. The number of amides is 2. The molecule has 2 aliphatic rings. The van der Waals surface area contributed by atoms with Crippen LogP contribution >= 0.6 is 0 Å². The number of ether oxygens (including phenoxy) is 1. The summed E-state index contributed by atoms with van der Waals surface area (Å²) in [5, 5.41) is 0. The molecule has 1 fully saturated rings. The molecule has 2 heterocycles. The summed E-state index contributed by atoms with van der Waals surface area (Å²) in [7, 11) is 0. The second-order valence-electron chi connectivity index (χ2n) is 8.05. The van der Waals surface area contributed by atoms with E-state index in [1.165, 1.54) is 16.8 Å². The quantitative estimate of drug-likeness (QED) is 0.781. The van der Waals surface area contributed by atoms with Crippen LogP contribution in [0.5, 0.6) is 5.75 Å². The third kappa shape index (κ3) is 3.86. The van der Waals surface area contributed by atoms with Crippen molar-refractivity contribution < 1.29 is 14.3 Å². The SMILES string of the molecule is Cc1cccc(N2CCN(C(=O)CCN3C(=O)C(C)Oc4ccccc43)CC2)c1C. The summed E-state index contributed by atoms with van der Waals surface area (Å²) in [5.41, 5.74) is 4.59. The van der Waals surface area contributed by atoms with Gasteiger partial charge in [-0.1, -0.05) is 24.3 Å². The van der Waals surface area contributed by atoms with Crippen molar-refractivity contribution in [2.75, 3.05) is 42.5 Å². The maximum atomic E-state index is 12.8. The van der Waals surface area contributed by atoms with E-state index < -0.39 is 6.10 Å². The fourth-order valence-electron chi connectivity index (χ4n) is 4.23. The van der Waals surface area contributed by atoms with E-state index in [1.54, 1.807) is 11.8 Å². The number of fused-ring (bicyclic) bond motifs is 1. The number of para-hydroxylation sites is 2. The lowest BCUT2D eigenvalue weighted by Gasteiger charge is -2.38. The van der Waals surface area contributed by atoms with Crippen molar-refractivity contribution in [3.8, 4) is 5.75 Å². The van der Waals surface area contributed by atoms with Crippen LogP contribution in [-0.4, -0.2) is 55.5 Å². The molecule has 30 heavy (non-hydrogen) atoms. The molecule has 1 atom stereocenters. The number of hydrogen-bond acceptors (Lipinski definition) is 4. The van der Waals surface area contributed by atoms with Crippen molar-refractivity contribution >= 4 is 23.2 Å². The molecule has 0 aromatic heterocycles. The topological polar surface area (TPSA) is 53.1 Å². The van der Waals surface area contributed by atoms with Gasteiger partial charge in [-0.3, -0.25) is 9.59 Å². The van der Waals surface area contributed by atoms with Crippen LogP contribution in [0.25, 0.3) is 0 Å². The highest BCUT2D eigenvalue weighted by Gasteiger charge is 2.32. The second-order valence-corrected chi connectivity index (χ2v) is 8.05. The van der Waals surface area contributed by atoms with E-state index in [-0.39, 0.29) is 11.8 Å². The van der Waals surface area contributed by atoms with Crippen LogP contribution in [0.2, 0.25) is 0 Å². The molecule has 158 valence electrons. The Morgan fingerprint density at radius 2 is 1.70 bits per heavy atom. The summed E-state index contributed by atoms with van der Waals surface area (Å²) in [5.74, 6) is 0.695. The van der Waals surface area contributed by atoms with Gasteiger partial charge in [0.1, 0.15) is 5.75 Å². The van der Waals surface area contributed by atoms with E-state index in [1.807, 2.05) is 29.2 Å². The van der Waals surface area contributed by atoms with Gasteiger partial charge in [-0.2, -0.15) is 0 Å². The molecule has 6 nitrogen and oxygen atoms in total. The number of rotatable bonds is 4. The molecule has 4 rings (SSSR count). The van der Waals surface area contributed by atoms with Gasteiger partial charge in [0.2, 0.25) is 5.91 Å². The van der Waals surface area contributed by atoms with Gasteiger partial charge >= 0.3 is 0 Å². The summed E-state index contributed by atoms with van der Waals surface area (Å²) in [6, 6.07) is 13.9. The van der Waals surface area contributed by atoms with Gasteiger partial charge in [0.25, 0.3) is 5.91 Å². The fourth-order valence-corrected chi connectivity index (χ4v) is 4.23. The average Bonchev–Trinajstić information content (AvgIpc) is 2.76. The molecular weight excluding hydrogens is 378 g/mol. The zero-order valence-electron chi connectivity index (χ0n) is 17.9. The van der Waals surface area contributed by atoms with Gasteiger partial charge in [0, 0.05) is 44.8 Å². The minimum Gasteiger partial charge on any atom is -0.479 e. The Kier molecular flexibility index (Phi) is 5.66.